The lowest BCUT2D eigenvalue weighted by molar-refractivity contribution is -0.120. The van der Waals surface area contributed by atoms with Crippen molar-refractivity contribution in [2.75, 3.05) is 13.1 Å². The first-order valence-corrected chi connectivity index (χ1v) is 6.39. The first kappa shape index (κ1) is 15.2. The van der Waals surface area contributed by atoms with Crippen molar-refractivity contribution in [3.8, 4) is 0 Å². The SMILES string of the molecule is CC(C)NC(=O)CNC(=O)c1cccc(CCN)c1. The zero-order chi connectivity index (χ0) is 14.3. The highest BCUT2D eigenvalue weighted by molar-refractivity contribution is 5.96. The van der Waals surface area contributed by atoms with Crippen molar-refractivity contribution >= 4 is 11.8 Å². The van der Waals surface area contributed by atoms with Gasteiger partial charge in [-0.1, -0.05) is 12.1 Å². The molecular formula is C14H21N3O2. The van der Waals surface area contributed by atoms with Gasteiger partial charge in [-0.25, -0.2) is 0 Å². The van der Waals surface area contributed by atoms with Crippen LogP contribution in [0.4, 0.5) is 0 Å². The van der Waals surface area contributed by atoms with Gasteiger partial charge in [0, 0.05) is 11.6 Å². The third-order valence-electron chi connectivity index (χ3n) is 2.48. The van der Waals surface area contributed by atoms with Crippen molar-refractivity contribution in [3.05, 3.63) is 35.4 Å². The summed E-state index contributed by atoms with van der Waals surface area (Å²) in [5.41, 5.74) is 7.04. The molecule has 0 saturated carbocycles. The first-order chi connectivity index (χ1) is 9.02. The summed E-state index contributed by atoms with van der Waals surface area (Å²) in [6.45, 7) is 4.27. The molecule has 0 radical (unpaired) electrons. The molecule has 104 valence electrons. The number of rotatable bonds is 6. The number of benzene rings is 1. The lowest BCUT2D eigenvalue weighted by Gasteiger charge is -2.09. The fraction of sp³-hybridized carbons (Fsp3) is 0.429. The van der Waals surface area contributed by atoms with Gasteiger partial charge in [0.1, 0.15) is 0 Å². The molecule has 5 nitrogen and oxygen atoms in total. The van der Waals surface area contributed by atoms with Gasteiger partial charge in [-0.2, -0.15) is 0 Å². The van der Waals surface area contributed by atoms with E-state index in [0.717, 1.165) is 12.0 Å². The molecule has 1 aromatic rings. The van der Waals surface area contributed by atoms with E-state index in [1.54, 1.807) is 12.1 Å². The first-order valence-electron chi connectivity index (χ1n) is 6.39. The van der Waals surface area contributed by atoms with Gasteiger partial charge in [-0.3, -0.25) is 9.59 Å². The van der Waals surface area contributed by atoms with E-state index < -0.39 is 0 Å². The summed E-state index contributed by atoms with van der Waals surface area (Å²) in [5, 5.41) is 5.30. The number of nitrogens with one attached hydrogen (secondary N) is 2. The van der Waals surface area contributed by atoms with Crippen LogP contribution >= 0.6 is 0 Å². The molecule has 0 aliphatic rings. The summed E-state index contributed by atoms with van der Waals surface area (Å²) in [6, 6.07) is 7.32. The second-order valence-corrected chi connectivity index (χ2v) is 4.64. The van der Waals surface area contributed by atoms with Crippen LogP contribution in [-0.4, -0.2) is 30.9 Å². The van der Waals surface area contributed by atoms with E-state index in [1.807, 2.05) is 26.0 Å². The normalized spacial score (nSPS) is 10.3. The molecule has 4 N–H and O–H groups in total. The molecule has 0 fully saturated rings. The van der Waals surface area contributed by atoms with Crippen molar-refractivity contribution in [1.82, 2.24) is 10.6 Å². The molecule has 0 atom stereocenters. The van der Waals surface area contributed by atoms with Gasteiger partial charge in [0.2, 0.25) is 5.91 Å². The Balaban J connectivity index is 2.53. The zero-order valence-corrected chi connectivity index (χ0v) is 11.4. The number of hydrogen-bond acceptors (Lipinski definition) is 3. The van der Waals surface area contributed by atoms with Crippen molar-refractivity contribution in [2.45, 2.75) is 26.3 Å². The van der Waals surface area contributed by atoms with Crippen LogP contribution in [0.15, 0.2) is 24.3 Å². The molecule has 19 heavy (non-hydrogen) atoms. The Morgan fingerprint density at radius 3 is 2.68 bits per heavy atom. The molecule has 0 saturated heterocycles. The summed E-state index contributed by atoms with van der Waals surface area (Å²) >= 11 is 0. The van der Waals surface area contributed by atoms with Gasteiger partial charge >= 0.3 is 0 Å². The molecule has 0 bridgehead atoms. The van der Waals surface area contributed by atoms with Crippen molar-refractivity contribution in [2.24, 2.45) is 5.73 Å². The maximum atomic E-state index is 11.9. The third kappa shape index (κ3) is 5.52. The highest BCUT2D eigenvalue weighted by Gasteiger charge is 2.08. The van der Waals surface area contributed by atoms with Crippen LogP contribution in [0, 0.1) is 0 Å². The van der Waals surface area contributed by atoms with Crippen LogP contribution in [0.25, 0.3) is 0 Å². The molecule has 5 heteroatoms. The van der Waals surface area contributed by atoms with Crippen LogP contribution in [-0.2, 0) is 11.2 Å². The molecule has 0 spiro atoms. The van der Waals surface area contributed by atoms with Gasteiger partial charge in [-0.05, 0) is 44.5 Å². The largest absolute Gasteiger partial charge is 0.352 e. The van der Waals surface area contributed by atoms with Gasteiger partial charge in [-0.15, -0.1) is 0 Å². The molecule has 0 heterocycles. The van der Waals surface area contributed by atoms with E-state index in [9.17, 15) is 9.59 Å². The Morgan fingerprint density at radius 1 is 1.32 bits per heavy atom. The highest BCUT2D eigenvalue weighted by Crippen LogP contribution is 2.05. The average Bonchev–Trinajstić information content (AvgIpc) is 2.36. The van der Waals surface area contributed by atoms with Gasteiger partial charge < -0.3 is 16.4 Å². The van der Waals surface area contributed by atoms with E-state index in [-0.39, 0.29) is 24.4 Å². The number of amides is 2. The number of nitrogens with two attached hydrogens (primary N) is 1. The minimum absolute atomic E-state index is 0.0157. The summed E-state index contributed by atoms with van der Waals surface area (Å²) in [5.74, 6) is -0.445. The van der Waals surface area contributed by atoms with Gasteiger partial charge in [0.15, 0.2) is 0 Å². The van der Waals surface area contributed by atoms with Gasteiger partial charge in [0.05, 0.1) is 6.54 Å². The van der Waals surface area contributed by atoms with Crippen molar-refractivity contribution in [1.29, 1.82) is 0 Å². The summed E-state index contributed by atoms with van der Waals surface area (Å²) in [4.78, 5) is 23.3. The van der Waals surface area contributed by atoms with Crippen molar-refractivity contribution < 1.29 is 9.59 Å². The third-order valence-corrected chi connectivity index (χ3v) is 2.48. The lowest BCUT2D eigenvalue weighted by Crippen LogP contribution is -2.39. The molecule has 0 aliphatic carbocycles. The molecule has 2 amide bonds. The molecule has 0 aliphatic heterocycles. The van der Waals surface area contributed by atoms with Crippen LogP contribution in [0.1, 0.15) is 29.8 Å². The quantitative estimate of drug-likeness (QED) is 0.696. The van der Waals surface area contributed by atoms with E-state index in [2.05, 4.69) is 10.6 Å². The summed E-state index contributed by atoms with van der Waals surface area (Å²) in [7, 11) is 0. The number of hydrogen-bond donors (Lipinski definition) is 3. The molecule has 0 aromatic heterocycles. The van der Waals surface area contributed by atoms with Crippen LogP contribution in [0.3, 0.4) is 0 Å². The Kier molecular flexibility index (Phi) is 6.02. The fourth-order valence-corrected chi connectivity index (χ4v) is 1.67. The second-order valence-electron chi connectivity index (χ2n) is 4.64. The Morgan fingerprint density at radius 2 is 2.05 bits per heavy atom. The zero-order valence-electron chi connectivity index (χ0n) is 11.4. The summed E-state index contributed by atoms with van der Waals surface area (Å²) < 4.78 is 0. The predicted octanol–water partition coefficient (Wildman–Crippen LogP) is 0.442. The standard InChI is InChI=1S/C14H21N3O2/c1-10(2)17-13(18)9-16-14(19)12-5-3-4-11(8-12)6-7-15/h3-5,8,10H,6-7,9,15H2,1-2H3,(H,16,19)(H,17,18). The molecule has 0 unspecified atom stereocenters. The maximum absolute atomic E-state index is 11.9. The van der Waals surface area contributed by atoms with Crippen LogP contribution < -0.4 is 16.4 Å². The Bertz CT molecular complexity index is 444. The van der Waals surface area contributed by atoms with Crippen molar-refractivity contribution in [3.63, 3.8) is 0 Å². The topological polar surface area (TPSA) is 84.2 Å². The molecule has 1 rings (SSSR count). The Labute approximate surface area is 113 Å². The minimum atomic E-state index is -0.252. The summed E-state index contributed by atoms with van der Waals surface area (Å²) in [6.07, 6.45) is 0.731. The lowest BCUT2D eigenvalue weighted by atomic mass is 10.1. The minimum Gasteiger partial charge on any atom is -0.352 e. The second kappa shape index (κ2) is 7.53. The Hall–Kier alpha value is -1.88. The van der Waals surface area contributed by atoms with E-state index in [4.69, 9.17) is 5.73 Å². The van der Waals surface area contributed by atoms with E-state index in [0.29, 0.717) is 12.1 Å². The molecular weight excluding hydrogens is 242 g/mol. The monoisotopic (exact) mass is 263 g/mol. The number of carbonyl (C=O) groups excluding carboxylic acids is 2. The predicted molar refractivity (Wildman–Crippen MR) is 74.8 cm³/mol. The maximum Gasteiger partial charge on any atom is 0.251 e. The van der Waals surface area contributed by atoms with Gasteiger partial charge in [0.25, 0.3) is 5.91 Å². The molecule has 1 aromatic carbocycles. The van der Waals surface area contributed by atoms with E-state index >= 15 is 0 Å². The highest BCUT2D eigenvalue weighted by atomic mass is 16.2. The van der Waals surface area contributed by atoms with Crippen LogP contribution in [0.2, 0.25) is 0 Å². The van der Waals surface area contributed by atoms with Crippen LogP contribution in [0.5, 0.6) is 0 Å². The fourth-order valence-electron chi connectivity index (χ4n) is 1.67. The average molecular weight is 263 g/mol. The smallest absolute Gasteiger partial charge is 0.251 e. The number of carbonyl (C=O) groups is 2. The van der Waals surface area contributed by atoms with E-state index in [1.165, 1.54) is 0 Å².